The maximum atomic E-state index is 13.2. The Morgan fingerprint density at radius 2 is 1.85 bits per heavy atom. The van der Waals surface area contributed by atoms with Gasteiger partial charge in [0.1, 0.15) is 5.69 Å². The highest BCUT2D eigenvalue weighted by atomic mass is 32.1. The number of aromatic nitrogens is 2. The maximum Gasteiger partial charge on any atom is 0.257 e. The van der Waals surface area contributed by atoms with Crippen molar-refractivity contribution in [3.05, 3.63) is 65.2 Å². The number of thiophene rings is 1. The van der Waals surface area contributed by atoms with Gasteiger partial charge in [-0.2, -0.15) is 5.10 Å². The first kappa shape index (κ1) is 17.9. The van der Waals surface area contributed by atoms with Gasteiger partial charge in [-0.25, -0.2) is 0 Å². The summed E-state index contributed by atoms with van der Waals surface area (Å²) in [6.45, 7) is 7.30. The molecule has 1 fully saturated rings. The van der Waals surface area contributed by atoms with E-state index in [-0.39, 0.29) is 5.91 Å². The van der Waals surface area contributed by atoms with Crippen LogP contribution in [0.25, 0.3) is 10.6 Å². The van der Waals surface area contributed by atoms with Crippen molar-refractivity contribution in [2.45, 2.75) is 13.5 Å². The molecule has 3 heterocycles. The van der Waals surface area contributed by atoms with Crippen LogP contribution in [-0.4, -0.2) is 58.2 Å². The largest absolute Gasteiger partial charge is 0.336 e. The number of rotatable bonds is 5. The van der Waals surface area contributed by atoms with Gasteiger partial charge in [0.2, 0.25) is 0 Å². The number of carbonyl (C=O) groups excluding carboxylic acids is 1. The molecule has 0 atom stereocenters. The third kappa shape index (κ3) is 3.96. The second-order valence-corrected chi connectivity index (χ2v) is 7.73. The van der Waals surface area contributed by atoms with Crippen LogP contribution in [0.3, 0.4) is 0 Å². The first-order valence-corrected chi connectivity index (χ1v) is 10.3. The third-order valence-electron chi connectivity index (χ3n) is 5.04. The molecule has 4 rings (SSSR count). The Morgan fingerprint density at radius 3 is 2.52 bits per heavy atom. The Balaban J connectivity index is 1.61. The number of benzene rings is 1. The molecular formula is C21H24N4OS. The second-order valence-electron chi connectivity index (χ2n) is 6.78. The van der Waals surface area contributed by atoms with Crippen LogP contribution in [0.2, 0.25) is 0 Å². The Morgan fingerprint density at radius 1 is 1.07 bits per heavy atom. The van der Waals surface area contributed by atoms with Crippen LogP contribution in [0, 0.1) is 0 Å². The minimum Gasteiger partial charge on any atom is -0.336 e. The van der Waals surface area contributed by atoms with Crippen molar-refractivity contribution in [1.82, 2.24) is 19.6 Å². The van der Waals surface area contributed by atoms with E-state index in [9.17, 15) is 4.79 Å². The van der Waals surface area contributed by atoms with Crippen molar-refractivity contribution in [2.75, 3.05) is 32.7 Å². The molecule has 27 heavy (non-hydrogen) atoms. The molecule has 1 saturated heterocycles. The van der Waals surface area contributed by atoms with E-state index < -0.39 is 0 Å². The molecule has 0 bridgehead atoms. The van der Waals surface area contributed by atoms with Crippen LogP contribution in [0.1, 0.15) is 22.8 Å². The number of amides is 1. The van der Waals surface area contributed by atoms with Crippen LogP contribution < -0.4 is 0 Å². The Hall–Kier alpha value is -2.44. The fourth-order valence-corrected chi connectivity index (χ4v) is 4.19. The lowest BCUT2D eigenvalue weighted by atomic mass is 10.1. The Bertz CT molecular complexity index is 880. The number of piperazine rings is 1. The van der Waals surface area contributed by atoms with Crippen LogP contribution >= 0.6 is 11.3 Å². The summed E-state index contributed by atoms with van der Waals surface area (Å²) >= 11 is 1.62. The fraction of sp³-hybridized carbons (Fsp3) is 0.333. The quantitative estimate of drug-likeness (QED) is 0.681. The van der Waals surface area contributed by atoms with Crippen molar-refractivity contribution in [1.29, 1.82) is 0 Å². The molecule has 0 N–H and O–H groups in total. The van der Waals surface area contributed by atoms with E-state index in [4.69, 9.17) is 5.10 Å². The summed E-state index contributed by atoms with van der Waals surface area (Å²) in [5.74, 6) is 0.0912. The molecule has 5 nitrogen and oxygen atoms in total. The Kier molecular flexibility index (Phi) is 5.36. The predicted octanol–water partition coefficient (Wildman–Crippen LogP) is 3.44. The van der Waals surface area contributed by atoms with Crippen molar-refractivity contribution in [3.8, 4) is 10.6 Å². The van der Waals surface area contributed by atoms with Crippen molar-refractivity contribution in [2.24, 2.45) is 0 Å². The van der Waals surface area contributed by atoms with Crippen LogP contribution in [0.5, 0.6) is 0 Å². The zero-order valence-electron chi connectivity index (χ0n) is 15.5. The van der Waals surface area contributed by atoms with Gasteiger partial charge in [-0.05, 0) is 23.6 Å². The highest BCUT2D eigenvalue weighted by Crippen LogP contribution is 2.28. The van der Waals surface area contributed by atoms with Gasteiger partial charge < -0.3 is 9.80 Å². The maximum absolute atomic E-state index is 13.2. The molecule has 1 amide bonds. The molecule has 6 heteroatoms. The van der Waals surface area contributed by atoms with E-state index in [0.29, 0.717) is 12.1 Å². The molecular weight excluding hydrogens is 356 g/mol. The van der Waals surface area contributed by atoms with Gasteiger partial charge in [0.05, 0.1) is 17.0 Å². The molecule has 140 valence electrons. The first-order valence-electron chi connectivity index (χ1n) is 9.41. The summed E-state index contributed by atoms with van der Waals surface area (Å²) in [5, 5.41) is 6.79. The topological polar surface area (TPSA) is 41.4 Å². The van der Waals surface area contributed by atoms with E-state index in [0.717, 1.165) is 43.3 Å². The SMILES string of the molecule is CCN1CCN(C(=O)c2cn(Cc3ccccc3)nc2-c2cccs2)CC1. The predicted molar refractivity (Wildman–Crippen MR) is 109 cm³/mol. The highest BCUT2D eigenvalue weighted by Gasteiger charge is 2.26. The molecule has 2 aromatic heterocycles. The third-order valence-corrected chi connectivity index (χ3v) is 5.92. The zero-order chi connectivity index (χ0) is 18.6. The lowest BCUT2D eigenvalue weighted by Crippen LogP contribution is -2.48. The van der Waals surface area contributed by atoms with E-state index in [1.165, 1.54) is 5.56 Å². The molecule has 0 aliphatic carbocycles. The van der Waals surface area contributed by atoms with E-state index in [1.54, 1.807) is 11.3 Å². The van der Waals surface area contributed by atoms with E-state index >= 15 is 0 Å². The lowest BCUT2D eigenvalue weighted by molar-refractivity contribution is 0.0644. The van der Waals surface area contributed by atoms with Crippen molar-refractivity contribution >= 4 is 17.2 Å². The van der Waals surface area contributed by atoms with Gasteiger partial charge in [0, 0.05) is 32.4 Å². The zero-order valence-corrected chi connectivity index (χ0v) is 16.4. The number of nitrogens with zero attached hydrogens (tertiary/aromatic N) is 4. The second kappa shape index (κ2) is 8.06. The smallest absolute Gasteiger partial charge is 0.257 e. The summed E-state index contributed by atoms with van der Waals surface area (Å²) in [5.41, 5.74) is 2.68. The molecule has 0 spiro atoms. The van der Waals surface area contributed by atoms with Gasteiger partial charge in [0.25, 0.3) is 5.91 Å². The van der Waals surface area contributed by atoms with Crippen LogP contribution in [-0.2, 0) is 6.54 Å². The average molecular weight is 381 g/mol. The average Bonchev–Trinajstić information content (AvgIpc) is 3.38. The number of hydrogen-bond donors (Lipinski definition) is 0. The van der Waals surface area contributed by atoms with Gasteiger partial charge >= 0.3 is 0 Å². The molecule has 0 radical (unpaired) electrons. The monoisotopic (exact) mass is 380 g/mol. The molecule has 3 aromatic rings. The molecule has 1 aliphatic heterocycles. The molecule has 0 unspecified atom stereocenters. The van der Waals surface area contributed by atoms with Crippen molar-refractivity contribution < 1.29 is 4.79 Å². The number of likely N-dealkylation sites (N-methyl/N-ethyl adjacent to an activating group) is 1. The lowest BCUT2D eigenvalue weighted by Gasteiger charge is -2.34. The van der Waals surface area contributed by atoms with Crippen LogP contribution in [0.15, 0.2) is 54.0 Å². The molecule has 1 aliphatic rings. The molecule has 1 aromatic carbocycles. The summed E-state index contributed by atoms with van der Waals surface area (Å²) in [6.07, 6.45) is 1.91. The van der Waals surface area contributed by atoms with E-state index in [1.807, 2.05) is 51.5 Å². The normalized spacial score (nSPS) is 15.2. The van der Waals surface area contributed by atoms with Gasteiger partial charge in [-0.1, -0.05) is 43.3 Å². The van der Waals surface area contributed by atoms with Crippen LogP contribution in [0.4, 0.5) is 0 Å². The van der Waals surface area contributed by atoms with Gasteiger partial charge in [0.15, 0.2) is 0 Å². The number of hydrogen-bond acceptors (Lipinski definition) is 4. The minimum atomic E-state index is 0.0912. The van der Waals surface area contributed by atoms with E-state index in [2.05, 4.69) is 24.0 Å². The Labute approximate surface area is 163 Å². The fourth-order valence-electron chi connectivity index (χ4n) is 3.46. The van der Waals surface area contributed by atoms with Gasteiger partial charge in [-0.15, -0.1) is 11.3 Å². The minimum absolute atomic E-state index is 0.0912. The summed E-state index contributed by atoms with van der Waals surface area (Å²) in [7, 11) is 0. The highest BCUT2D eigenvalue weighted by molar-refractivity contribution is 7.13. The standard InChI is InChI=1S/C21H24N4OS/c1-2-23-10-12-24(13-11-23)21(26)18-16-25(15-17-7-4-3-5-8-17)22-20(18)19-9-6-14-27-19/h3-9,14,16H,2,10-13,15H2,1H3. The van der Waals surface area contributed by atoms with Gasteiger partial charge in [-0.3, -0.25) is 9.48 Å². The first-order chi connectivity index (χ1) is 13.2. The molecule has 0 saturated carbocycles. The number of carbonyl (C=O) groups is 1. The van der Waals surface area contributed by atoms with Crippen molar-refractivity contribution in [3.63, 3.8) is 0 Å². The summed E-state index contributed by atoms with van der Waals surface area (Å²) in [4.78, 5) is 18.6. The summed E-state index contributed by atoms with van der Waals surface area (Å²) < 4.78 is 1.89. The summed E-state index contributed by atoms with van der Waals surface area (Å²) in [6, 6.07) is 14.3.